The number of methoxy groups -OCH3 is 1. The topological polar surface area (TPSA) is 92.7 Å². The summed E-state index contributed by atoms with van der Waals surface area (Å²) >= 11 is 5.08. The molecule has 0 bridgehead atoms. The van der Waals surface area contributed by atoms with Crippen LogP contribution in [0.5, 0.6) is 5.75 Å². The molecule has 0 unspecified atom stereocenters. The average molecular weight is 629 g/mol. The van der Waals surface area contributed by atoms with Crippen molar-refractivity contribution in [2.75, 3.05) is 7.11 Å². The van der Waals surface area contributed by atoms with E-state index in [1.54, 1.807) is 17.7 Å². The second kappa shape index (κ2) is 11.3. The van der Waals surface area contributed by atoms with Crippen LogP contribution in [0.15, 0.2) is 93.3 Å². The van der Waals surface area contributed by atoms with Crippen LogP contribution in [0, 0.1) is 13.8 Å². The Morgan fingerprint density at radius 2 is 1.61 bits per heavy atom. The number of aromatic nitrogens is 7. The number of benzene rings is 3. The SMILES string of the molecule is COc1ccccc1-n1c(CSc2nnc(Cn3nc(C)c(Br)c3C)n2-c2ccccc2)nc2ccccc2c1=O. The largest absolute Gasteiger partial charge is 0.495 e. The zero-order valence-corrected chi connectivity index (χ0v) is 25.1. The first-order valence-electron chi connectivity index (χ1n) is 12.9. The Labute approximate surface area is 249 Å². The van der Waals surface area contributed by atoms with E-state index in [0.717, 1.165) is 27.4 Å². The van der Waals surface area contributed by atoms with Crippen molar-refractivity contribution in [2.45, 2.75) is 31.3 Å². The fourth-order valence-corrected chi connectivity index (χ4v) is 5.94. The second-order valence-corrected chi connectivity index (χ2v) is 11.1. The number of hydrogen-bond acceptors (Lipinski definition) is 7. The van der Waals surface area contributed by atoms with Crippen LogP contribution in [0.25, 0.3) is 22.3 Å². The minimum Gasteiger partial charge on any atom is -0.495 e. The highest BCUT2D eigenvalue weighted by atomic mass is 79.9. The maximum absolute atomic E-state index is 13.8. The third kappa shape index (κ3) is 5.07. The number of fused-ring (bicyclic) bond motifs is 1. The van der Waals surface area contributed by atoms with Crippen LogP contribution in [0.2, 0.25) is 0 Å². The molecule has 0 amide bonds. The second-order valence-electron chi connectivity index (χ2n) is 9.36. The van der Waals surface area contributed by atoms with Crippen molar-refractivity contribution < 1.29 is 4.74 Å². The maximum atomic E-state index is 13.8. The Morgan fingerprint density at radius 1 is 0.878 bits per heavy atom. The van der Waals surface area contributed by atoms with E-state index < -0.39 is 0 Å². The number of para-hydroxylation sites is 4. The summed E-state index contributed by atoms with van der Waals surface area (Å²) in [5.41, 5.74) is 3.98. The molecule has 0 aliphatic carbocycles. The third-order valence-corrected chi connectivity index (χ3v) is 8.87. The van der Waals surface area contributed by atoms with E-state index in [1.807, 2.05) is 95.9 Å². The van der Waals surface area contributed by atoms with Gasteiger partial charge in [0.15, 0.2) is 11.0 Å². The van der Waals surface area contributed by atoms with Crippen molar-refractivity contribution in [3.05, 3.63) is 117 Å². The van der Waals surface area contributed by atoms with E-state index in [9.17, 15) is 4.79 Å². The molecule has 3 aromatic carbocycles. The number of aryl methyl sites for hydroxylation is 1. The minimum absolute atomic E-state index is 0.156. The van der Waals surface area contributed by atoms with Crippen LogP contribution in [0.4, 0.5) is 0 Å². The van der Waals surface area contributed by atoms with Gasteiger partial charge in [-0.3, -0.25) is 18.6 Å². The van der Waals surface area contributed by atoms with E-state index in [-0.39, 0.29) is 5.56 Å². The molecular weight excluding hydrogens is 602 g/mol. The van der Waals surface area contributed by atoms with Crippen LogP contribution in [0.1, 0.15) is 23.0 Å². The van der Waals surface area contributed by atoms with Gasteiger partial charge in [-0.2, -0.15) is 5.10 Å². The highest BCUT2D eigenvalue weighted by Crippen LogP contribution is 2.29. The first-order chi connectivity index (χ1) is 20.0. The minimum atomic E-state index is -0.156. The van der Waals surface area contributed by atoms with Gasteiger partial charge in [-0.15, -0.1) is 10.2 Å². The van der Waals surface area contributed by atoms with Crippen molar-refractivity contribution in [1.82, 2.24) is 34.1 Å². The highest BCUT2D eigenvalue weighted by Gasteiger charge is 2.20. The van der Waals surface area contributed by atoms with Gasteiger partial charge in [0, 0.05) is 5.69 Å². The van der Waals surface area contributed by atoms with Gasteiger partial charge in [-0.1, -0.05) is 54.2 Å². The Bertz CT molecular complexity index is 1930. The average Bonchev–Trinajstić information content (AvgIpc) is 3.51. The Kier molecular flexibility index (Phi) is 7.46. The molecule has 0 saturated heterocycles. The number of halogens is 1. The van der Waals surface area contributed by atoms with Gasteiger partial charge in [0.2, 0.25) is 0 Å². The molecule has 206 valence electrons. The third-order valence-electron chi connectivity index (χ3n) is 6.80. The van der Waals surface area contributed by atoms with Crippen LogP contribution in [0.3, 0.4) is 0 Å². The van der Waals surface area contributed by atoms with Crippen molar-refractivity contribution >= 4 is 38.6 Å². The fourth-order valence-electron chi connectivity index (χ4n) is 4.76. The van der Waals surface area contributed by atoms with Crippen molar-refractivity contribution in [3.63, 3.8) is 0 Å². The molecule has 3 heterocycles. The Morgan fingerprint density at radius 3 is 2.37 bits per heavy atom. The van der Waals surface area contributed by atoms with E-state index in [4.69, 9.17) is 9.72 Å². The quantitative estimate of drug-likeness (QED) is 0.194. The van der Waals surface area contributed by atoms with E-state index in [2.05, 4.69) is 31.2 Å². The van der Waals surface area contributed by atoms with Crippen LogP contribution < -0.4 is 10.3 Å². The normalized spacial score (nSPS) is 11.3. The lowest BCUT2D eigenvalue weighted by atomic mass is 10.2. The lowest BCUT2D eigenvalue weighted by molar-refractivity contribution is 0.412. The number of thioether (sulfide) groups is 1. The van der Waals surface area contributed by atoms with Crippen LogP contribution in [-0.2, 0) is 12.3 Å². The van der Waals surface area contributed by atoms with Crippen LogP contribution in [-0.4, -0.2) is 41.2 Å². The standard InChI is InChI=1S/C30H26BrN7O2S/c1-19-28(31)20(2)36(35-19)17-26-33-34-30(37(26)21-11-5-4-6-12-21)41-18-27-32-23-14-8-7-13-22(23)29(39)38(27)24-15-9-10-16-25(24)40-3/h4-16H,17-18H2,1-3H3. The summed E-state index contributed by atoms with van der Waals surface area (Å²) in [5.74, 6) is 2.28. The molecule has 0 fully saturated rings. The summed E-state index contributed by atoms with van der Waals surface area (Å²) in [6.07, 6.45) is 0. The lowest BCUT2D eigenvalue weighted by Crippen LogP contribution is -2.24. The number of rotatable bonds is 8. The molecule has 0 atom stereocenters. The van der Waals surface area contributed by atoms with Gasteiger partial charge in [0.25, 0.3) is 5.56 Å². The number of nitrogens with zero attached hydrogens (tertiary/aromatic N) is 7. The smallest absolute Gasteiger partial charge is 0.266 e. The van der Waals surface area contributed by atoms with E-state index >= 15 is 0 Å². The van der Waals surface area contributed by atoms with Gasteiger partial charge in [0.05, 0.1) is 45.3 Å². The van der Waals surface area contributed by atoms with Gasteiger partial charge in [-0.05, 0) is 66.2 Å². The number of ether oxygens (including phenoxy) is 1. The molecule has 0 radical (unpaired) electrons. The molecule has 0 N–H and O–H groups in total. The molecule has 6 rings (SSSR count). The Hall–Kier alpha value is -4.22. The predicted octanol–water partition coefficient (Wildman–Crippen LogP) is 5.89. The molecule has 3 aromatic heterocycles. The Balaban J connectivity index is 1.44. The first kappa shape index (κ1) is 27.0. The van der Waals surface area contributed by atoms with Gasteiger partial charge >= 0.3 is 0 Å². The van der Waals surface area contributed by atoms with Crippen LogP contribution >= 0.6 is 27.7 Å². The van der Waals surface area contributed by atoms with Gasteiger partial charge < -0.3 is 4.74 Å². The summed E-state index contributed by atoms with van der Waals surface area (Å²) < 4.78 is 12.2. The van der Waals surface area contributed by atoms with Crippen molar-refractivity contribution in [1.29, 1.82) is 0 Å². The first-order valence-corrected chi connectivity index (χ1v) is 14.7. The predicted molar refractivity (Wildman–Crippen MR) is 163 cm³/mol. The maximum Gasteiger partial charge on any atom is 0.266 e. The van der Waals surface area contributed by atoms with E-state index in [1.165, 1.54) is 11.8 Å². The molecule has 9 nitrogen and oxygen atoms in total. The lowest BCUT2D eigenvalue weighted by Gasteiger charge is -2.16. The summed E-state index contributed by atoms with van der Waals surface area (Å²) in [6, 6.07) is 24.8. The highest BCUT2D eigenvalue weighted by molar-refractivity contribution is 9.10. The van der Waals surface area contributed by atoms with Crippen molar-refractivity contribution in [2.24, 2.45) is 0 Å². The molecule has 41 heavy (non-hydrogen) atoms. The summed E-state index contributed by atoms with van der Waals surface area (Å²) in [4.78, 5) is 18.7. The number of hydrogen-bond donors (Lipinski definition) is 0. The molecule has 11 heteroatoms. The zero-order chi connectivity index (χ0) is 28.5. The van der Waals surface area contributed by atoms with Crippen molar-refractivity contribution in [3.8, 4) is 17.1 Å². The monoisotopic (exact) mass is 627 g/mol. The molecule has 0 aliphatic heterocycles. The zero-order valence-electron chi connectivity index (χ0n) is 22.7. The fraction of sp³-hybridized carbons (Fsp3) is 0.167. The molecule has 0 saturated carbocycles. The van der Waals surface area contributed by atoms with Gasteiger partial charge in [-0.25, -0.2) is 4.98 Å². The van der Waals surface area contributed by atoms with E-state index in [0.29, 0.717) is 45.6 Å². The summed E-state index contributed by atoms with van der Waals surface area (Å²) in [6.45, 7) is 4.43. The summed E-state index contributed by atoms with van der Waals surface area (Å²) in [5, 5.41) is 15.0. The molecule has 0 spiro atoms. The molecule has 0 aliphatic rings. The van der Waals surface area contributed by atoms with Gasteiger partial charge in [0.1, 0.15) is 18.1 Å². The molecular formula is C30H26BrN7O2S. The molecule has 6 aromatic rings. The summed E-state index contributed by atoms with van der Waals surface area (Å²) in [7, 11) is 1.60.